The molecule has 3 aromatic rings. The number of aryl methyl sites for hydroxylation is 2. The predicted octanol–water partition coefficient (Wildman–Crippen LogP) is 3.26. The van der Waals surface area contributed by atoms with Gasteiger partial charge in [0.1, 0.15) is 5.75 Å². The van der Waals surface area contributed by atoms with Crippen molar-refractivity contribution in [3.8, 4) is 17.0 Å². The molecule has 126 valence electrons. The third kappa shape index (κ3) is 2.55. The Hall–Kier alpha value is -3.15. The van der Waals surface area contributed by atoms with Gasteiger partial charge in [0.05, 0.1) is 42.5 Å². The summed E-state index contributed by atoms with van der Waals surface area (Å²) in [6.07, 6.45) is 3.36. The number of hydrogen-bond donors (Lipinski definition) is 1. The van der Waals surface area contributed by atoms with Crippen LogP contribution in [0.3, 0.4) is 0 Å². The molecule has 1 N–H and O–H groups in total. The van der Waals surface area contributed by atoms with Crippen LogP contribution in [-0.4, -0.2) is 28.2 Å². The van der Waals surface area contributed by atoms with Crippen molar-refractivity contribution in [3.63, 3.8) is 0 Å². The van der Waals surface area contributed by atoms with E-state index in [1.54, 1.807) is 24.4 Å². The van der Waals surface area contributed by atoms with Gasteiger partial charge in [-0.15, -0.1) is 0 Å². The van der Waals surface area contributed by atoms with E-state index >= 15 is 0 Å². The molecule has 0 bridgehead atoms. The van der Waals surface area contributed by atoms with E-state index in [2.05, 4.69) is 16.3 Å². The van der Waals surface area contributed by atoms with Crippen LogP contribution in [0.15, 0.2) is 36.7 Å². The van der Waals surface area contributed by atoms with Crippen LogP contribution < -0.4 is 9.64 Å². The number of rotatable bonds is 3. The Bertz CT molecular complexity index is 964. The van der Waals surface area contributed by atoms with E-state index in [4.69, 9.17) is 9.72 Å². The number of anilines is 1. The number of pyridine rings is 1. The molecular weight excluding hydrogens is 316 g/mol. The van der Waals surface area contributed by atoms with Crippen molar-refractivity contribution in [2.24, 2.45) is 0 Å². The Morgan fingerprint density at radius 3 is 2.76 bits per heavy atom. The molecule has 1 aromatic carbocycles. The van der Waals surface area contributed by atoms with Gasteiger partial charge in [-0.2, -0.15) is 5.10 Å². The van der Waals surface area contributed by atoms with Crippen LogP contribution >= 0.6 is 0 Å². The Labute approximate surface area is 145 Å². The summed E-state index contributed by atoms with van der Waals surface area (Å²) in [5.41, 5.74) is 6.09. The molecule has 6 heteroatoms. The molecule has 0 spiro atoms. The second-order valence-electron chi connectivity index (χ2n) is 6.23. The molecule has 1 aliphatic rings. The fraction of sp³-hybridized carbons (Fsp3) is 0.211. The summed E-state index contributed by atoms with van der Waals surface area (Å²) in [7, 11) is 1.65. The lowest BCUT2D eigenvalue weighted by atomic mass is 10.0. The normalized spacial score (nSPS) is 13.2. The molecule has 0 saturated heterocycles. The van der Waals surface area contributed by atoms with E-state index in [0.717, 1.165) is 39.5 Å². The second kappa shape index (κ2) is 5.73. The summed E-state index contributed by atoms with van der Waals surface area (Å²) in [4.78, 5) is 19.2. The van der Waals surface area contributed by atoms with Gasteiger partial charge in [0, 0.05) is 11.8 Å². The van der Waals surface area contributed by atoms with Crippen LogP contribution in [-0.2, 0) is 6.54 Å². The molecule has 0 unspecified atom stereocenters. The van der Waals surface area contributed by atoms with E-state index in [-0.39, 0.29) is 5.91 Å². The summed E-state index contributed by atoms with van der Waals surface area (Å²) in [5, 5.41) is 6.67. The number of ether oxygens (including phenoxy) is 1. The molecule has 2 aromatic heterocycles. The van der Waals surface area contributed by atoms with Crippen LogP contribution in [0, 0.1) is 13.8 Å². The van der Waals surface area contributed by atoms with E-state index in [0.29, 0.717) is 12.1 Å². The standard InChI is InChI=1S/C19H18N4O2/c1-11-4-13(7-15(5-11)25-3)16-6-12(2)18-17(22-16)10-23(19(18)24)14-8-20-21-9-14/h4-9H,10H2,1-3H3,(H,20,21). The molecule has 1 amide bonds. The van der Waals surface area contributed by atoms with Crippen LogP contribution in [0.1, 0.15) is 27.2 Å². The summed E-state index contributed by atoms with van der Waals surface area (Å²) in [6.45, 7) is 4.43. The molecular formula is C19H18N4O2. The first kappa shape index (κ1) is 15.4. The van der Waals surface area contributed by atoms with Crippen molar-refractivity contribution in [1.29, 1.82) is 0 Å². The highest BCUT2D eigenvalue weighted by atomic mass is 16.5. The first-order valence-corrected chi connectivity index (χ1v) is 8.04. The number of aromatic amines is 1. The van der Waals surface area contributed by atoms with Crippen LogP contribution in [0.25, 0.3) is 11.3 Å². The lowest BCUT2D eigenvalue weighted by Gasteiger charge is -2.11. The number of nitrogens with zero attached hydrogens (tertiary/aromatic N) is 3. The van der Waals surface area contributed by atoms with Crippen molar-refractivity contribution >= 4 is 11.6 Å². The first-order chi connectivity index (χ1) is 12.1. The Kier molecular flexibility index (Phi) is 3.53. The van der Waals surface area contributed by atoms with Gasteiger partial charge in [-0.25, -0.2) is 0 Å². The zero-order valence-electron chi connectivity index (χ0n) is 14.3. The molecule has 0 radical (unpaired) electrons. The van der Waals surface area contributed by atoms with E-state index < -0.39 is 0 Å². The van der Waals surface area contributed by atoms with Crippen molar-refractivity contribution in [1.82, 2.24) is 15.2 Å². The Morgan fingerprint density at radius 1 is 1.20 bits per heavy atom. The highest BCUT2D eigenvalue weighted by molar-refractivity contribution is 6.10. The fourth-order valence-corrected chi connectivity index (χ4v) is 3.26. The molecule has 6 nitrogen and oxygen atoms in total. The van der Waals surface area contributed by atoms with Gasteiger partial charge in [-0.05, 0) is 49.2 Å². The number of nitrogens with one attached hydrogen (secondary N) is 1. The third-order valence-corrected chi connectivity index (χ3v) is 4.44. The van der Waals surface area contributed by atoms with E-state index in [1.807, 2.05) is 32.0 Å². The Morgan fingerprint density at radius 2 is 2.04 bits per heavy atom. The number of carbonyl (C=O) groups is 1. The molecule has 3 heterocycles. The average molecular weight is 334 g/mol. The number of fused-ring (bicyclic) bond motifs is 1. The lowest BCUT2D eigenvalue weighted by molar-refractivity contribution is 0.0996. The highest BCUT2D eigenvalue weighted by Crippen LogP contribution is 2.32. The van der Waals surface area contributed by atoms with Crippen LogP contribution in [0.2, 0.25) is 0 Å². The molecule has 0 fully saturated rings. The third-order valence-electron chi connectivity index (χ3n) is 4.44. The molecule has 0 aliphatic carbocycles. The number of aromatic nitrogens is 3. The summed E-state index contributed by atoms with van der Waals surface area (Å²) in [5.74, 6) is 0.765. The fourth-order valence-electron chi connectivity index (χ4n) is 3.26. The van der Waals surface area contributed by atoms with E-state index in [1.165, 1.54) is 0 Å². The van der Waals surface area contributed by atoms with Gasteiger partial charge >= 0.3 is 0 Å². The van der Waals surface area contributed by atoms with Crippen molar-refractivity contribution < 1.29 is 9.53 Å². The first-order valence-electron chi connectivity index (χ1n) is 8.04. The van der Waals surface area contributed by atoms with Crippen molar-refractivity contribution in [3.05, 3.63) is 59.0 Å². The lowest BCUT2D eigenvalue weighted by Crippen LogP contribution is -2.22. The minimum absolute atomic E-state index is 0.0326. The zero-order valence-corrected chi connectivity index (χ0v) is 14.3. The summed E-state index contributed by atoms with van der Waals surface area (Å²) >= 11 is 0. The molecule has 25 heavy (non-hydrogen) atoms. The predicted molar refractivity (Wildman–Crippen MR) is 94.8 cm³/mol. The minimum atomic E-state index is -0.0326. The maximum absolute atomic E-state index is 12.7. The maximum atomic E-state index is 12.7. The second-order valence-corrected chi connectivity index (χ2v) is 6.23. The summed E-state index contributed by atoms with van der Waals surface area (Å²) in [6, 6.07) is 7.98. The molecule has 1 aliphatic heterocycles. The van der Waals surface area contributed by atoms with Gasteiger partial charge in [-0.1, -0.05) is 0 Å². The number of hydrogen-bond acceptors (Lipinski definition) is 4. The Balaban J connectivity index is 1.79. The van der Waals surface area contributed by atoms with Gasteiger partial charge in [0.25, 0.3) is 5.91 Å². The maximum Gasteiger partial charge on any atom is 0.260 e. The van der Waals surface area contributed by atoms with Gasteiger partial charge in [-0.3, -0.25) is 19.8 Å². The number of benzene rings is 1. The van der Waals surface area contributed by atoms with Gasteiger partial charge in [0.15, 0.2) is 0 Å². The van der Waals surface area contributed by atoms with E-state index in [9.17, 15) is 4.79 Å². The topological polar surface area (TPSA) is 71.1 Å². The number of carbonyl (C=O) groups excluding carboxylic acids is 1. The minimum Gasteiger partial charge on any atom is -0.497 e. The monoisotopic (exact) mass is 334 g/mol. The number of amides is 1. The molecule has 0 saturated carbocycles. The SMILES string of the molecule is COc1cc(C)cc(-c2cc(C)c3c(n2)CN(c2cn[nH]c2)C3=O)c1. The molecule has 0 atom stereocenters. The van der Waals surface area contributed by atoms with Crippen LogP contribution in [0.5, 0.6) is 5.75 Å². The number of methoxy groups -OCH3 is 1. The van der Waals surface area contributed by atoms with Crippen LogP contribution in [0.4, 0.5) is 5.69 Å². The van der Waals surface area contributed by atoms with Crippen molar-refractivity contribution in [2.75, 3.05) is 12.0 Å². The van der Waals surface area contributed by atoms with Gasteiger partial charge in [0.2, 0.25) is 0 Å². The van der Waals surface area contributed by atoms with Gasteiger partial charge < -0.3 is 4.74 Å². The smallest absolute Gasteiger partial charge is 0.260 e. The molecule has 4 rings (SSSR count). The average Bonchev–Trinajstić information content (AvgIpc) is 3.22. The number of H-pyrrole nitrogens is 1. The quantitative estimate of drug-likeness (QED) is 0.798. The summed E-state index contributed by atoms with van der Waals surface area (Å²) < 4.78 is 5.36. The largest absolute Gasteiger partial charge is 0.497 e. The van der Waals surface area contributed by atoms with Crippen molar-refractivity contribution in [2.45, 2.75) is 20.4 Å². The highest BCUT2D eigenvalue weighted by Gasteiger charge is 2.32. The zero-order chi connectivity index (χ0) is 17.6.